The van der Waals surface area contributed by atoms with E-state index in [0.717, 1.165) is 5.88 Å². The average Bonchev–Trinajstić information content (AvgIpc) is 2.24. The Morgan fingerprint density at radius 1 is 0.800 bits per heavy atom. The zero-order valence-electron chi connectivity index (χ0n) is 10.6. The largest absolute Gasteiger partial charge is 0.306 e. The molecule has 0 saturated carbocycles. The third-order valence-electron chi connectivity index (χ3n) is 2.82. The van der Waals surface area contributed by atoms with Crippen molar-refractivity contribution in [3.05, 3.63) is 0 Å². The predicted octanol–water partition coefficient (Wildman–Crippen LogP) is 4.30. The van der Waals surface area contributed by atoms with Crippen molar-refractivity contribution in [2.24, 2.45) is 0 Å². The summed E-state index contributed by atoms with van der Waals surface area (Å²) in [6.07, 6.45) is 10.7. The lowest BCUT2D eigenvalue weighted by atomic mass is 10.1. The zero-order chi connectivity index (χ0) is 11.4. The maximum absolute atomic E-state index is 5.64. The number of nitrogens with zero attached hydrogens (tertiary/aromatic N) is 1. The van der Waals surface area contributed by atoms with Gasteiger partial charge in [0.2, 0.25) is 0 Å². The topological polar surface area (TPSA) is 3.24 Å². The maximum atomic E-state index is 5.64. The van der Waals surface area contributed by atoms with Gasteiger partial charge in [-0.3, -0.25) is 0 Å². The zero-order valence-corrected chi connectivity index (χ0v) is 11.4. The monoisotopic (exact) mass is 233 g/mol. The first-order valence-electron chi connectivity index (χ1n) is 6.55. The van der Waals surface area contributed by atoms with E-state index in [-0.39, 0.29) is 0 Å². The molecule has 0 aromatic carbocycles. The van der Waals surface area contributed by atoms with Crippen LogP contribution < -0.4 is 0 Å². The van der Waals surface area contributed by atoms with Gasteiger partial charge in [0, 0.05) is 5.88 Å². The molecule has 0 radical (unpaired) electrons. The number of alkyl halides is 1. The Labute approximate surface area is 101 Å². The van der Waals surface area contributed by atoms with Gasteiger partial charge in [0.25, 0.3) is 0 Å². The van der Waals surface area contributed by atoms with Gasteiger partial charge >= 0.3 is 0 Å². The highest BCUT2D eigenvalue weighted by molar-refractivity contribution is 6.17. The molecule has 0 spiro atoms. The molecule has 15 heavy (non-hydrogen) atoms. The molecule has 0 N–H and O–H groups in total. The standard InChI is InChI=1S/C13H28ClN/c1-3-4-5-6-9-12-15(2)13-10-7-8-11-14/h3-13H2,1-2H3. The lowest BCUT2D eigenvalue weighted by Gasteiger charge is -2.15. The van der Waals surface area contributed by atoms with Crippen LogP contribution in [0.1, 0.15) is 58.3 Å². The van der Waals surface area contributed by atoms with Gasteiger partial charge in [-0.25, -0.2) is 0 Å². The third-order valence-corrected chi connectivity index (χ3v) is 3.08. The lowest BCUT2D eigenvalue weighted by molar-refractivity contribution is 0.316. The molecule has 0 bridgehead atoms. The first-order chi connectivity index (χ1) is 7.31. The average molecular weight is 234 g/mol. The maximum Gasteiger partial charge on any atom is 0.0223 e. The minimum atomic E-state index is 0.820. The molecule has 0 aromatic rings. The second-order valence-electron chi connectivity index (χ2n) is 4.47. The second kappa shape index (κ2) is 12.3. The fraction of sp³-hybridized carbons (Fsp3) is 1.00. The van der Waals surface area contributed by atoms with Crippen LogP contribution in [0, 0.1) is 0 Å². The molecule has 0 unspecified atom stereocenters. The molecule has 0 atom stereocenters. The highest BCUT2D eigenvalue weighted by atomic mass is 35.5. The van der Waals surface area contributed by atoms with Gasteiger partial charge in [0.1, 0.15) is 0 Å². The van der Waals surface area contributed by atoms with Gasteiger partial charge in [-0.1, -0.05) is 39.0 Å². The summed E-state index contributed by atoms with van der Waals surface area (Å²) in [4.78, 5) is 2.46. The fourth-order valence-electron chi connectivity index (χ4n) is 1.75. The van der Waals surface area contributed by atoms with Gasteiger partial charge in [0.15, 0.2) is 0 Å². The summed E-state index contributed by atoms with van der Waals surface area (Å²) in [7, 11) is 2.24. The SMILES string of the molecule is CCCCCCCN(C)CCCCCCl. The Morgan fingerprint density at radius 3 is 1.87 bits per heavy atom. The van der Waals surface area contributed by atoms with Crippen LogP contribution in [0.25, 0.3) is 0 Å². The molecule has 0 fully saturated rings. The molecule has 2 heteroatoms. The Bertz CT molecular complexity index is 117. The van der Waals surface area contributed by atoms with Crippen LogP contribution in [-0.2, 0) is 0 Å². The molecule has 0 aliphatic rings. The smallest absolute Gasteiger partial charge is 0.0223 e. The summed E-state index contributed by atoms with van der Waals surface area (Å²) >= 11 is 5.64. The third kappa shape index (κ3) is 12.2. The number of hydrogen-bond acceptors (Lipinski definition) is 1. The van der Waals surface area contributed by atoms with E-state index in [1.807, 2.05) is 0 Å². The number of rotatable bonds is 11. The van der Waals surface area contributed by atoms with Gasteiger partial charge < -0.3 is 4.90 Å². The van der Waals surface area contributed by atoms with Crippen LogP contribution in [-0.4, -0.2) is 30.9 Å². The normalized spacial score (nSPS) is 11.2. The highest BCUT2D eigenvalue weighted by Crippen LogP contribution is 2.04. The molecule has 0 saturated heterocycles. The molecule has 1 nitrogen and oxygen atoms in total. The van der Waals surface area contributed by atoms with Crippen molar-refractivity contribution in [3.63, 3.8) is 0 Å². The van der Waals surface area contributed by atoms with E-state index in [2.05, 4.69) is 18.9 Å². The van der Waals surface area contributed by atoms with E-state index in [1.165, 1.54) is 64.5 Å². The van der Waals surface area contributed by atoms with Gasteiger partial charge in [0.05, 0.1) is 0 Å². The number of unbranched alkanes of at least 4 members (excludes halogenated alkanes) is 6. The lowest BCUT2D eigenvalue weighted by Crippen LogP contribution is -2.20. The van der Waals surface area contributed by atoms with Crippen molar-refractivity contribution in [1.82, 2.24) is 4.90 Å². The van der Waals surface area contributed by atoms with E-state index in [1.54, 1.807) is 0 Å². The summed E-state index contributed by atoms with van der Waals surface area (Å²) in [5.41, 5.74) is 0. The van der Waals surface area contributed by atoms with E-state index in [9.17, 15) is 0 Å². The van der Waals surface area contributed by atoms with Crippen LogP contribution in [0.4, 0.5) is 0 Å². The summed E-state index contributed by atoms with van der Waals surface area (Å²) in [5.74, 6) is 0.820. The summed E-state index contributed by atoms with van der Waals surface area (Å²) in [6.45, 7) is 4.78. The van der Waals surface area contributed by atoms with Crippen molar-refractivity contribution >= 4 is 11.6 Å². The summed E-state index contributed by atoms with van der Waals surface area (Å²) < 4.78 is 0. The van der Waals surface area contributed by atoms with E-state index in [4.69, 9.17) is 11.6 Å². The van der Waals surface area contributed by atoms with Crippen molar-refractivity contribution in [3.8, 4) is 0 Å². The Kier molecular flexibility index (Phi) is 12.5. The molecule has 0 aliphatic heterocycles. The first kappa shape index (κ1) is 15.2. The molecule has 0 aromatic heterocycles. The second-order valence-corrected chi connectivity index (χ2v) is 4.85. The highest BCUT2D eigenvalue weighted by Gasteiger charge is 1.97. The van der Waals surface area contributed by atoms with Crippen molar-refractivity contribution in [1.29, 1.82) is 0 Å². The van der Waals surface area contributed by atoms with Crippen molar-refractivity contribution < 1.29 is 0 Å². The Hall–Kier alpha value is 0.250. The molecule has 92 valence electrons. The molecule has 0 heterocycles. The Balaban J connectivity index is 3.08. The molecular weight excluding hydrogens is 206 g/mol. The number of halogens is 1. The first-order valence-corrected chi connectivity index (χ1v) is 7.09. The van der Waals surface area contributed by atoms with Gasteiger partial charge in [-0.05, 0) is 39.4 Å². The van der Waals surface area contributed by atoms with E-state index >= 15 is 0 Å². The quantitative estimate of drug-likeness (QED) is 0.380. The van der Waals surface area contributed by atoms with Gasteiger partial charge in [-0.2, -0.15) is 0 Å². The molecule has 0 amide bonds. The van der Waals surface area contributed by atoms with Crippen LogP contribution in [0.3, 0.4) is 0 Å². The summed E-state index contributed by atoms with van der Waals surface area (Å²) in [5, 5.41) is 0. The minimum Gasteiger partial charge on any atom is -0.306 e. The van der Waals surface area contributed by atoms with Crippen molar-refractivity contribution in [2.45, 2.75) is 58.3 Å². The number of hydrogen-bond donors (Lipinski definition) is 0. The molecule has 0 rings (SSSR count). The Morgan fingerprint density at radius 2 is 1.33 bits per heavy atom. The molecule has 0 aliphatic carbocycles. The van der Waals surface area contributed by atoms with Gasteiger partial charge in [-0.15, -0.1) is 11.6 Å². The van der Waals surface area contributed by atoms with Crippen LogP contribution in [0.5, 0.6) is 0 Å². The van der Waals surface area contributed by atoms with E-state index < -0.39 is 0 Å². The fourth-order valence-corrected chi connectivity index (χ4v) is 1.94. The predicted molar refractivity (Wildman–Crippen MR) is 70.8 cm³/mol. The van der Waals surface area contributed by atoms with Crippen LogP contribution >= 0.6 is 11.6 Å². The summed E-state index contributed by atoms with van der Waals surface area (Å²) in [6, 6.07) is 0. The van der Waals surface area contributed by atoms with Crippen LogP contribution in [0.2, 0.25) is 0 Å². The van der Waals surface area contributed by atoms with Crippen molar-refractivity contribution in [2.75, 3.05) is 26.0 Å². The van der Waals surface area contributed by atoms with Crippen LogP contribution in [0.15, 0.2) is 0 Å². The minimum absolute atomic E-state index is 0.820. The molecular formula is C13H28ClN. The van der Waals surface area contributed by atoms with E-state index in [0.29, 0.717) is 0 Å².